The molecule has 132 valence electrons. The zero-order valence-electron chi connectivity index (χ0n) is 13.6. The van der Waals surface area contributed by atoms with Crippen molar-refractivity contribution >= 4 is 21.9 Å². The third kappa shape index (κ3) is 5.13. The molecule has 2 aromatic rings. The summed E-state index contributed by atoms with van der Waals surface area (Å²) in [7, 11) is -3.86. The van der Waals surface area contributed by atoms with Crippen LogP contribution in [0.25, 0.3) is 0 Å². The van der Waals surface area contributed by atoms with E-state index in [1.54, 1.807) is 0 Å². The number of aryl methyl sites for hydroxylation is 1. The van der Waals surface area contributed by atoms with Crippen LogP contribution in [0.5, 0.6) is 0 Å². The Kier molecular flexibility index (Phi) is 5.89. The number of hydrogen-bond donors (Lipinski definition) is 2. The van der Waals surface area contributed by atoms with Gasteiger partial charge >= 0.3 is 5.97 Å². The maximum atomic E-state index is 12.1. The summed E-state index contributed by atoms with van der Waals surface area (Å²) in [5, 5.41) is 0. The fourth-order valence-electron chi connectivity index (χ4n) is 2.02. The minimum atomic E-state index is -3.86. The fourth-order valence-corrected chi connectivity index (χ4v) is 3.01. The Labute approximate surface area is 145 Å². The molecule has 0 spiro atoms. The van der Waals surface area contributed by atoms with Gasteiger partial charge in [0.15, 0.2) is 0 Å². The number of rotatable bonds is 7. The molecular weight excluding hydrogens is 344 g/mol. The normalized spacial score (nSPS) is 11.1. The first-order valence-corrected chi connectivity index (χ1v) is 8.87. The first-order valence-electron chi connectivity index (χ1n) is 7.39. The Bertz CT molecular complexity index is 876. The van der Waals surface area contributed by atoms with Crippen LogP contribution in [-0.2, 0) is 26.2 Å². The van der Waals surface area contributed by atoms with Crippen molar-refractivity contribution in [1.82, 2.24) is 4.72 Å². The fraction of sp³-hybridized carbons (Fsp3) is 0.176. The van der Waals surface area contributed by atoms with E-state index >= 15 is 0 Å². The van der Waals surface area contributed by atoms with Crippen LogP contribution < -0.4 is 10.5 Å². The molecule has 25 heavy (non-hydrogen) atoms. The second kappa shape index (κ2) is 7.91. The van der Waals surface area contributed by atoms with Gasteiger partial charge in [-0.1, -0.05) is 24.3 Å². The molecule has 0 heterocycles. The first-order chi connectivity index (χ1) is 11.8. The standard InChI is InChI=1S/C17H18N2O5S/c1-12-4-2-3-5-14(12)11-24-17(21)13-6-8-15(9-7-13)25(22,23)19-10-16(18)20/h2-9,19H,10-11H2,1H3,(H2,18,20). The Morgan fingerprint density at radius 2 is 1.72 bits per heavy atom. The molecule has 0 saturated carbocycles. The summed E-state index contributed by atoms with van der Waals surface area (Å²) in [5.74, 6) is -1.35. The molecule has 0 aliphatic heterocycles. The van der Waals surface area contributed by atoms with Gasteiger partial charge in [0.25, 0.3) is 0 Å². The van der Waals surface area contributed by atoms with E-state index in [1.165, 1.54) is 24.3 Å². The zero-order valence-corrected chi connectivity index (χ0v) is 14.4. The molecule has 0 atom stereocenters. The van der Waals surface area contributed by atoms with Gasteiger partial charge in [-0.15, -0.1) is 0 Å². The van der Waals surface area contributed by atoms with Crippen molar-refractivity contribution in [2.45, 2.75) is 18.4 Å². The average Bonchev–Trinajstić information content (AvgIpc) is 2.59. The van der Waals surface area contributed by atoms with Gasteiger partial charge in [0.1, 0.15) is 6.61 Å². The second-order valence-corrected chi connectivity index (χ2v) is 7.08. The average molecular weight is 362 g/mol. The zero-order chi connectivity index (χ0) is 18.4. The lowest BCUT2D eigenvalue weighted by Gasteiger charge is -2.08. The largest absolute Gasteiger partial charge is 0.457 e. The van der Waals surface area contributed by atoms with Gasteiger partial charge < -0.3 is 10.5 Å². The number of carbonyl (C=O) groups excluding carboxylic acids is 2. The molecule has 7 nitrogen and oxygen atoms in total. The number of carbonyl (C=O) groups is 2. The molecule has 0 radical (unpaired) electrons. The quantitative estimate of drug-likeness (QED) is 0.716. The third-order valence-electron chi connectivity index (χ3n) is 3.46. The van der Waals surface area contributed by atoms with E-state index in [0.29, 0.717) is 0 Å². The van der Waals surface area contributed by atoms with Crippen molar-refractivity contribution in [2.75, 3.05) is 6.54 Å². The highest BCUT2D eigenvalue weighted by Crippen LogP contribution is 2.13. The van der Waals surface area contributed by atoms with E-state index in [1.807, 2.05) is 31.2 Å². The molecule has 1 amide bonds. The summed E-state index contributed by atoms with van der Waals surface area (Å²) in [6.45, 7) is 1.55. The first kappa shape index (κ1) is 18.6. The molecule has 2 rings (SSSR count). The van der Waals surface area contributed by atoms with Crippen LogP contribution in [0.15, 0.2) is 53.4 Å². The molecular formula is C17H18N2O5S. The van der Waals surface area contributed by atoms with Crippen LogP contribution in [0.3, 0.4) is 0 Å². The lowest BCUT2D eigenvalue weighted by Crippen LogP contribution is -2.33. The van der Waals surface area contributed by atoms with Gasteiger partial charge in [0.05, 0.1) is 17.0 Å². The Morgan fingerprint density at radius 1 is 1.08 bits per heavy atom. The van der Waals surface area contributed by atoms with Crippen LogP contribution in [0.4, 0.5) is 0 Å². The van der Waals surface area contributed by atoms with Gasteiger partial charge in [-0.3, -0.25) is 4.79 Å². The second-order valence-electron chi connectivity index (χ2n) is 5.32. The van der Waals surface area contributed by atoms with Crippen molar-refractivity contribution in [3.05, 3.63) is 65.2 Å². The van der Waals surface area contributed by atoms with E-state index < -0.39 is 28.4 Å². The van der Waals surface area contributed by atoms with Crippen LogP contribution in [0, 0.1) is 6.92 Å². The van der Waals surface area contributed by atoms with Crippen molar-refractivity contribution in [3.63, 3.8) is 0 Å². The Hall–Kier alpha value is -2.71. The number of sulfonamides is 1. The topological polar surface area (TPSA) is 116 Å². The van der Waals surface area contributed by atoms with Crippen molar-refractivity contribution in [1.29, 1.82) is 0 Å². The minimum absolute atomic E-state index is 0.0794. The molecule has 2 aromatic carbocycles. The highest BCUT2D eigenvalue weighted by molar-refractivity contribution is 7.89. The molecule has 3 N–H and O–H groups in total. The van der Waals surface area contributed by atoms with Crippen LogP contribution >= 0.6 is 0 Å². The molecule has 0 saturated heterocycles. The van der Waals surface area contributed by atoms with E-state index in [0.717, 1.165) is 11.1 Å². The summed E-state index contributed by atoms with van der Waals surface area (Å²) in [4.78, 5) is 22.6. The number of primary amides is 1. The van der Waals surface area contributed by atoms with E-state index in [2.05, 4.69) is 4.72 Å². The van der Waals surface area contributed by atoms with E-state index in [4.69, 9.17) is 10.5 Å². The molecule has 0 bridgehead atoms. The van der Waals surface area contributed by atoms with Crippen molar-refractivity contribution in [3.8, 4) is 0 Å². The SMILES string of the molecule is Cc1ccccc1COC(=O)c1ccc(S(=O)(=O)NCC(N)=O)cc1. The summed E-state index contributed by atoms with van der Waals surface area (Å²) < 4.78 is 31.2. The van der Waals surface area contributed by atoms with Crippen LogP contribution in [-0.4, -0.2) is 26.8 Å². The number of ether oxygens (including phenoxy) is 1. The summed E-state index contributed by atoms with van der Waals surface area (Å²) in [5.41, 5.74) is 7.04. The maximum absolute atomic E-state index is 12.1. The van der Waals surface area contributed by atoms with E-state index in [-0.39, 0.29) is 17.1 Å². The third-order valence-corrected chi connectivity index (χ3v) is 4.87. The predicted molar refractivity (Wildman–Crippen MR) is 91.1 cm³/mol. The number of hydrogen-bond acceptors (Lipinski definition) is 5. The van der Waals surface area contributed by atoms with Crippen LogP contribution in [0.2, 0.25) is 0 Å². The molecule has 0 fully saturated rings. The Morgan fingerprint density at radius 3 is 2.32 bits per heavy atom. The number of amides is 1. The summed E-state index contributed by atoms with van der Waals surface area (Å²) in [6.07, 6.45) is 0. The van der Waals surface area contributed by atoms with E-state index in [9.17, 15) is 18.0 Å². The van der Waals surface area contributed by atoms with Gasteiger partial charge in [-0.05, 0) is 42.3 Å². The number of nitrogens with two attached hydrogens (primary N) is 1. The molecule has 0 unspecified atom stereocenters. The van der Waals surface area contributed by atoms with Crippen LogP contribution in [0.1, 0.15) is 21.5 Å². The van der Waals surface area contributed by atoms with Gasteiger partial charge in [-0.25, -0.2) is 17.9 Å². The molecule has 0 aliphatic rings. The van der Waals surface area contributed by atoms with Gasteiger partial charge in [-0.2, -0.15) is 0 Å². The summed E-state index contributed by atoms with van der Waals surface area (Å²) in [6, 6.07) is 12.7. The smallest absolute Gasteiger partial charge is 0.338 e. The molecule has 0 aromatic heterocycles. The number of nitrogens with one attached hydrogen (secondary N) is 1. The number of esters is 1. The monoisotopic (exact) mass is 362 g/mol. The van der Waals surface area contributed by atoms with Gasteiger partial charge in [0, 0.05) is 0 Å². The molecule has 0 aliphatic carbocycles. The summed E-state index contributed by atoms with van der Waals surface area (Å²) >= 11 is 0. The minimum Gasteiger partial charge on any atom is -0.457 e. The van der Waals surface area contributed by atoms with Gasteiger partial charge in [0.2, 0.25) is 15.9 Å². The Balaban J connectivity index is 2.03. The lowest BCUT2D eigenvalue weighted by atomic mass is 10.1. The maximum Gasteiger partial charge on any atom is 0.338 e. The van der Waals surface area contributed by atoms with Crippen molar-refractivity contribution < 1.29 is 22.7 Å². The highest BCUT2D eigenvalue weighted by Gasteiger charge is 2.16. The predicted octanol–water partition coefficient (Wildman–Crippen LogP) is 1.12. The molecule has 8 heteroatoms. The lowest BCUT2D eigenvalue weighted by molar-refractivity contribution is -0.116. The number of benzene rings is 2. The van der Waals surface area contributed by atoms with Crippen molar-refractivity contribution in [2.24, 2.45) is 5.73 Å². The highest BCUT2D eigenvalue weighted by atomic mass is 32.2.